The molecule has 0 saturated carbocycles. The summed E-state index contributed by atoms with van der Waals surface area (Å²) in [6, 6.07) is 1.94. The first-order chi connectivity index (χ1) is 8.36. The highest BCUT2D eigenvalue weighted by Gasteiger charge is 2.16. The molecule has 1 atom stereocenters. The van der Waals surface area contributed by atoms with E-state index < -0.39 is 0 Å². The van der Waals surface area contributed by atoms with Crippen LogP contribution in [-0.2, 0) is 6.42 Å². The Kier molecular flexibility index (Phi) is 5.42. The van der Waals surface area contributed by atoms with Gasteiger partial charge < -0.3 is 10.5 Å². The highest BCUT2D eigenvalue weighted by Crippen LogP contribution is 2.34. The highest BCUT2D eigenvalue weighted by atomic mass is 35.5. The van der Waals surface area contributed by atoms with Crippen molar-refractivity contribution in [3.05, 3.63) is 27.8 Å². The lowest BCUT2D eigenvalue weighted by Crippen LogP contribution is -2.15. The lowest BCUT2D eigenvalue weighted by molar-refractivity contribution is 0.402. The smallest absolute Gasteiger partial charge is 0.125 e. The minimum absolute atomic E-state index is 0.382. The SMILES string of the molecule is COc1c(C)cc(Cl)c(C)c1CC(C)CC(N)=S. The number of hydrogen-bond acceptors (Lipinski definition) is 2. The van der Waals surface area contributed by atoms with Crippen LogP contribution in [0.3, 0.4) is 0 Å². The molecular formula is C14H20ClNOS. The predicted molar refractivity (Wildman–Crippen MR) is 81.7 cm³/mol. The fourth-order valence-electron chi connectivity index (χ4n) is 2.21. The van der Waals surface area contributed by atoms with Crippen molar-refractivity contribution in [3.8, 4) is 5.75 Å². The number of methoxy groups -OCH3 is 1. The van der Waals surface area contributed by atoms with Gasteiger partial charge in [-0.05, 0) is 48.9 Å². The van der Waals surface area contributed by atoms with E-state index in [9.17, 15) is 0 Å². The number of rotatable bonds is 5. The van der Waals surface area contributed by atoms with Gasteiger partial charge in [0.1, 0.15) is 5.75 Å². The Labute approximate surface area is 119 Å². The predicted octanol–water partition coefficient (Wildman–Crippen LogP) is 3.82. The molecule has 2 nitrogen and oxygen atoms in total. The van der Waals surface area contributed by atoms with Crippen LogP contribution in [-0.4, -0.2) is 12.1 Å². The minimum atomic E-state index is 0.382. The zero-order chi connectivity index (χ0) is 13.9. The van der Waals surface area contributed by atoms with E-state index in [0.717, 1.165) is 40.3 Å². The van der Waals surface area contributed by atoms with Crippen LogP contribution < -0.4 is 10.5 Å². The molecule has 0 heterocycles. The van der Waals surface area contributed by atoms with Crippen molar-refractivity contribution < 1.29 is 4.74 Å². The number of benzene rings is 1. The molecule has 100 valence electrons. The Hall–Kier alpha value is -0.800. The summed E-state index contributed by atoms with van der Waals surface area (Å²) in [5.74, 6) is 1.31. The van der Waals surface area contributed by atoms with Gasteiger partial charge in [0.05, 0.1) is 12.1 Å². The Morgan fingerprint density at radius 3 is 2.61 bits per heavy atom. The quantitative estimate of drug-likeness (QED) is 0.836. The molecule has 2 N–H and O–H groups in total. The van der Waals surface area contributed by atoms with E-state index in [4.69, 9.17) is 34.3 Å². The molecule has 1 aromatic rings. The van der Waals surface area contributed by atoms with Crippen molar-refractivity contribution in [2.75, 3.05) is 7.11 Å². The number of nitrogens with two attached hydrogens (primary N) is 1. The van der Waals surface area contributed by atoms with Gasteiger partial charge in [0.2, 0.25) is 0 Å². The Balaban J connectivity index is 3.10. The molecule has 0 radical (unpaired) electrons. The summed E-state index contributed by atoms with van der Waals surface area (Å²) in [6.45, 7) is 6.16. The van der Waals surface area contributed by atoms with Gasteiger partial charge in [-0.15, -0.1) is 0 Å². The highest BCUT2D eigenvalue weighted by molar-refractivity contribution is 7.80. The van der Waals surface area contributed by atoms with Gasteiger partial charge in [0.15, 0.2) is 0 Å². The lowest BCUT2D eigenvalue weighted by atomic mass is 9.92. The van der Waals surface area contributed by atoms with E-state index in [2.05, 4.69) is 6.92 Å². The van der Waals surface area contributed by atoms with E-state index in [1.165, 1.54) is 0 Å². The molecular weight excluding hydrogens is 266 g/mol. The molecule has 1 unspecified atom stereocenters. The van der Waals surface area contributed by atoms with Crippen LogP contribution in [0.15, 0.2) is 6.07 Å². The van der Waals surface area contributed by atoms with Crippen molar-refractivity contribution in [2.45, 2.75) is 33.6 Å². The first kappa shape index (κ1) is 15.3. The van der Waals surface area contributed by atoms with Gasteiger partial charge >= 0.3 is 0 Å². The molecule has 1 rings (SSSR count). The largest absolute Gasteiger partial charge is 0.496 e. The lowest BCUT2D eigenvalue weighted by Gasteiger charge is -2.18. The first-order valence-electron chi connectivity index (χ1n) is 5.97. The molecule has 18 heavy (non-hydrogen) atoms. The van der Waals surface area contributed by atoms with Crippen molar-refractivity contribution in [1.29, 1.82) is 0 Å². The van der Waals surface area contributed by atoms with Gasteiger partial charge in [-0.2, -0.15) is 0 Å². The summed E-state index contributed by atoms with van der Waals surface area (Å²) in [5, 5.41) is 0.783. The second-order valence-electron chi connectivity index (χ2n) is 4.79. The molecule has 0 amide bonds. The minimum Gasteiger partial charge on any atom is -0.496 e. The van der Waals surface area contributed by atoms with E-state index in [1.54, 1.807) is 7.11 Å². The van der Waals surface area contributed by atoms with E-state index in [-0.39, 0.29) is 0 Å². The van der Waals surface area contributed by atoms with E-state index >= 15 is 0 Å². The van der Waals surface area contributed by atoms with Gasteiger partial charge in [-0.25, -0.2) is 0 Å². The van der Waals surface area contributed by atoms with Crippen LogP contribution in [0.2, 0.25) is 5.02 Å². The summed E-state index contributed by atoms with van der Waals surface area (Å²) in [7, 11) is 1.69. The number of aryl methyl sites for hydroxylation is 1. The van der Waals surface area contributed by atoms with Crippen LogP contribution in [0, 0.1) is 19.8 Å². The maximum atomic E-state index is 6.23. The summed E-state index contributed by atoms with van der Waals surface area (Å²) in [6.07, 6.45) is 1.61. The third kappa shape index (κ3) is 3.59. The molecule has 0 aliphatic heterocycles. The average Bonchev–Trinajstić information content (AvgIpc) is 2.24. The summed E-state index contributed by atoms with van der Waals surface area (Å²) < 4.78 is 5.50. The van der Waals surface area contributed by atoms with E-state index in [1.807, 2.05) is 19.9 Å². The molecule has 0 aliphatic carbocycles. The molecule has 0 spiro atoms. The van der Waals surface area contributed by atoms with E-state index in [0.29, 0.717) is 10.9 Å². The molecule has 0 aliphatic rings. The fourth-order valence-corrected chi connectivity index (χ4v) is 2.77. The second-order valence-corrected chi connectivity index (χ2v) is 5.72. The standard InChI is InChI=1S/C14H20ClNOS/c1-8(6-13(16)18)5-11-10(3)12(15)7-9(2)14(11)17-4/h7-8H,5-6H2,1-4H3,(H2,16,18). The molecule has 0 saturated heterocycles. The van der Waals surface area contributed by atoms with Gasteiger partial charge in [0.25, 0.3) is 0 Å². The molecule has 0 aromatic heterocycles. The van der Waals surface area contributed by atoms with Crippen LogP contribution in [0.25, 0.3) is 0 Å². The number of halogens is 1. The van der Waals surface area contributed by atoms with Crippen molar-refractivity contribution in [3.63, 3.8) is 0 Å². The van der Waals surface area contributed by atoms with Crippen LogP contribution >= 0.6 is 23.8 Å². The average molecular weight is 286 g/mol. The topological polar surface area (TPSA) is 35.2 Å². The Bertz CT molecular complexity index is 460. The monoisotopic (exact) mass is 285 g/mol. The van der Waals surface area contributed by atoms with Crippen molar-refractivity contribution in [1.82, 2.24) is 0 Å². The third-order valence-electron chi connectivity index (χ3n) is 3.09. The first-order valence-corrected chi connectivity index (χ1v) is 6.76. The molecule has 4 heteroatoms. The van der Waals surface area contributed by atoms with Gasteiger partial charge in [-0.1, -0.05) is 30.7 Å². The Morgan fingerprint density at radius 2 is 2.11 bits per heavy atom. The van der Waals surface area contributed by atoms with Crippen LogP contribution in [0.4, 0.5) is 0 Å². The van der Waals surface area contributed by atoms with Crippen molar-refractivity contribution >= 4 is 28.8 Å². The van der Waals surface area contributed by atoms with Gasteiger partial charge in [-0.3, -0.25) is 0 Å². The normalized spacial score (nSPS) is 12.3. The molecule has 0 bridgehead atoms. The van der Waals surface area contributed by atoms with Crippen LogP contribution in [0.1, 0.15) is 30.0 Å². The maximum absolute atomic E-state index is 6.23. The Morgan fingerprint density at radius 1 is 1.50 bits per heavy atom. The second kappa shape index (κ2) is 6.39. The molecule has 1 aromatic carbocycles. The maximum Gasteiger partial charge on any atom is 0.125 e. The zero-order valence-corrected chi connectivity index (χ0v) is 12.9. The number of hydrogen-bond donors (Lipinski definition) is 1. The van der Waals surface area contributed by atoms with Crippen LogP contribution in [0.5, 0.6) is 5.75 Å². The number of thiocarbonyl (C=S) groups is 1. The zero-order valence-electron chi connectivity index (χ0n) is 11.3. The third-order valence-corrected chi connectivity index (χ3v) is 3.65. The fraction of sp³-hybridized carbons (Fsp3) is 0.500. The molecule has 0 fully saturated rings. The summed E-state index contributed by atoms with van der Waals surface area (Å²) >= 11 is 11.2. The van der Waals surface area contributed by atoms with Crippen molar-refractivity contribution in [2.24, 2.45) is 11.7 Å². The summed E-state index contributed by atoms with van der Waals surface area (Å²) in [4.78, 5) is 0.554. The van der Waals surface area contributed by atoms with Gasteiger partial charge in [0, 0.05) is 11.4 Å². The summed E-state index contributed by atoms with van der Waals surface area (Å²) in [5.41, 5.74) is 8.89. The number of ether oxygens (including phenoxy) is 1.